The highest BCUT2D eigenvalue weighted by molar-refractivity contribution is 5.97. The molecule has 1 unspecified atom stereocenters. The molecule has 0 aromatic heterocycles. The highest BCUT2D eigenvalue weighted by atomic mass is 19.1. The Morgan fingerprint density at radius 1 is 1.37 bits per heavy atom. The number of aliphatic hydroxyl groups is 1. The van der Waals surface area contributed by atoms with Gasteiger partial charge in [0.05, 0.1) is 19.9 Å². The lowest BCUT2D eigenvalue weighted by molar-refractivity contribution is -0.117. The molecule has 2 rings (SSSR count). The number of benzene rings is 1. The zero-order chi connectivity index (χ0) is 14.0. The summed E-state index contributed by atoms with van der Waals surface area (Å²) in [5.41, 5.74) is 0.363. The van der Waals surface area contributed by atoms with Crippen LogP contribution in [0.15, 0.2) is 12.1 Å². The molecule has 1 aromatic rings. The summed E-state index contributed by atoms with van der Waals surface area (Å²) < 4.78 is 23.8. The van der Waals surface area contributed by atoms with Crippen molar-refractivity contribution in [1.82, 2.24) is 0 Å². The minimum absolute atomic E-state index is 0.0611. The quantitative estimate of drug-likeness (QED) is 0.892. The molecule has 1 N–H and O–H groups in total. The average Bonchev–Trinajstić information content (AvgIpc) is 2.79. The average molecular weight is 269 g/mol. The van der Waals surface area contributed by atoms with E-state index in [-0.39, 0.29) is 30.6 Å². The maximum atomic E-state index is 13.8. The van der Waals surface area contributed by atoms with E-state index in [0.717, 1.165) is 0 Å². The molecule has 1 aliphatic heterocycles. The molecule has 1 fully saturated rings. The maximum absolute atomic E-state index is 13.8. The Morgan fingerprint density at radius 2 is 2.05 bits per heavy atom. The first-order valence-electron chi connectivity index (χ1n) is 5.93. The van der Waals surface area contributed by atoms with Gasteiger partial charge in [-0.3, -0.25) is 4.79 Å². The number of hydrogen-bond donors (Lipinski definition) is 1. The van der Waals surface area contributed by atoms with Crippen molar-refractivity contribution >= 4 is 11.6 Å². The van der Waals surface area contributed by atoms with E-state index in [0.29, 0.717) is 18.0 Å². The van der Waals surface area contributed by atoms with E-state index < -0.39 is 5.82 Å². The Balaban J connectivity index is 2.39. The molecule has 6 heteroatoms. The van der Waals surface area contributed by atoms with Gasteiger partial charge in [-0.05, 0) is 0 Å². The van der Waals surface area contributed by atoms with Crippen LogP contribution in [0.2, 0.25) is 0 Å². The summed E-state index contributed by atoms with van der Waals surface area (Å²) in [6, 6.07) is 2.62. The second-order valence-corrected chi connectivity index (χ2v) is 4.42. The second-order valence-electron chi connectivity index (χ2n) is 4.42. The number of nitrogens with zero attached hydrogens (tertiary/aromatic N) is 1. The fourth-order valence-corrected chi connectivity index (χ4v) is 2.19. The van der Waals surface area contributed by atoms with Crippen molar-refractivity contribution < 1.29 is 23.8 Å². The molecule has 0 bridgehead atoms. The van der Waals surface area contributed by atoms with Gasteiger partial charge in [-0.1, -0.05) is 0 Å². The summed E-state index contributed by atoms with van der Waals surface area (Å²) in [4.78, 5) is 13.3. The first kappa shape index (κ1) is 13.6. The van der Waals surface area contributed by atoms with Gasteiger partial charge in [0.2, 0.25) is 5.91 Å². The van der Waals surface area contributed by atoms with Crippen LogP contribution < -0.4 is 14.4 Å². The number of carbonyl (C=O) groups is 1. The van der Waals surface area contributed by atoms with E-state index in [9.17, 15) is 9.18 Å². The normalized spacial score (nSPS) is 18.8. The number of carbonyl (C=O) groups excluding carboxylic acids is 1. The lowest BCUT2D eigenvalue weighted by atomic mass is 10.1. The van der Waals surface area contributed by atoms with Crippen LogP contribution in [-0.4, -0.2) is 38.4 Å². The SMILES string of the molecule is COc1cc(OC)c(N2CC(CO)CC2=O)cc1F. The first-order valence-corrected chi connectivity index (χ1v) is 5.93. The second kappa shape index (κ2) is 5.44. The van der Waals surface area contributed by atoms with E-state index in [2.05, 4.69) is 0 Å². The van der Waals surface area contributed by atoms with Crippen molar-refractivity contribution in [3.63, 3.8) is 0 Å². The van der Waals surface area contributed by atoms with Gasteiger partial charge in [-0.25, -0.2) is 4.39 Å². The molecule has 0 spiro atoms. The highest BCUT2D eigenvalue weighted by Gasteiger charge is 2.32. The van der Waals surface area contributed by atoms with E-state index >= 15 is 0 Å². The molecular formula is C13H16FNO4. The number of halogens is 1. The molecule has 104 valence electrons. The molecule has 0 saturated carbocycles. The topological polar surface area (TPSA) is 59.0 Å². The minimum atomic E-state index is -0.557. The van der Waals surface area contributed by atoms with Crippen LogP contribution in [0.5, 0.6) is 11.5 Å². The minimum Gasteiger partial charge on any atom is -0.494 e. The monoisotopic (exact) mass is 269 g/mol. The molecule has 1 heterocycles. The van der Waals surface area contributed by atoms with Gasteiger partial charge in [0.25, 0.3) is 0 Å². The zero-order valence-corrected chi connectivity index (χ0v) is 10.9. The molecule has 0 radical (unpaired) electrons. The van der Waals surface area contributed by atoms with Crippen molar-refractivity contribution in [2.24, 2.45) is 5.92 Å². The lowest BCUT2D eigenvalue weighted by Crippen LogP contribution is -2.25. The lowest BCUT2D eigenvalue weighted by Gasteiger charge is -2.20. The maximum Gasteiger partial charge on any atom is 0.227 e. The number of ether oxygens (including phenoxy) is 2. The number of rotatable bonds is 4. The third-order valence-corrected chi connectivity index (χ3v) is 3.21. The molecule has 1 saturated heterocycles. The number of aliphatic hydroxyl groups excluding tert-OH is 1. The number of anilines is 1. The molecule has 19 heavy (non-hydrogen) atoms. The summed E-state index contributed by atoms with van der Waals surface area (Å²) in [7, 11) is 2.81. The van der Waals surface area contributed by atoms with Crippen LogP contribution in [0, 0.1) is 11.7 Å². The summed E-state index contributed by atoms with van der Waals surface area (Å²) in [6.07, 6.45) is 0.257. The third kappa shape index (κ3) is 2.49. The molecule has 1 amide bonds. The Labute approximate surface area is 110 Å². The summed E-state index contributed by atoms with van der Waals surface area (Å²) in [5.74, 6) is -0.404. The van der Waals surface area contributed by atoms with Crippen LogP contribution in [0.4, 0.5) is 10.1 Å². The Kier molecular flexibility index (Phi) is 3.90. The Bertz CT molecular complexity index is 492. The fourth-order valence-electron chi connectivity index (χ4n) is 2.19. The van der Waals surface area contributed by atoms with E-state index in [1.165, 1.54) is 31.3 Å². The van der Waals surface area contributed by atoms with Gasteiger partial charge in [-0.2, -0.15) is 0 Å². The zero-order valence-electron chi connectivity index (χ0n) is 10.9. The Morgan fingerprint density at radius 3 is 2.58 bits per heavy atom. The predicted molar refractivity (Wildman–Crippen MR) is 67.0 cm³/mol. The van der Waals surface area contributed by atoms with E-state index in [1.807, 2.05) is 0 Å². The van der Waals surface area contributed by atoms with E-state index in [1.54, 1.807) is 0 Å². The largest absolute Gasteiger partial charge is 0.494 e. The van der Waals surface area contributed by atoms with Crippen molar-refractivity contribution in [3.05, 3.63) is 17.9 Å². The number of hydrogen-bond acceptors (Lipinski definition) is 4. The summed E-state index contributed by atoms with van der Waals surface area (Å²) in [6.45, 7) is 0.292. The first-order chi connectivity index (χ1) is 9.10. The summed E-state index contributed by atoms with van der Waals surface area (Å²) >= 11 is 0. The molecule has 1 aliphatic rings. The number of methoxy groups -OCH3 is 2. The van der Waals surface area contributed by atoms with Crippen molar-refractivity contribution in [3.8, 4) is 11.5 Å². The molecule has 0 aliphatic carbocycles. The van der Waals surface area contributed by atoms with Crippen LogP contribution >= 0.6 is 0 Å². The van der Waals surface area contributed by atoms with Gasteiger partial charge in [0.15, 0.2) is 11.6 Å². The summed E-state index contributed by atoms with van der Waals surface area (Å²) in [5, 5.41) is 9.11. The number of amides is 1. The smallest absolute Gasteiger partial charge is 0.227 e. The predicted octanol–water partition coefficient (Wildman–Crippen LogP) is 1.19. The van der Waals surface area contributed by atoms with Crippen molar-refractivity contribution in [2.45, 2.75) is 6.42 Å². The molecule has 1 atom stereocenters. The Hall–Kier alpha value is -1.82. The van der Waals surface area contributed by atoms with Gasteiger partial charge in [-0.15, -0.1) is 0 Å². The van der Waals surface area contributed by atoms with E-state index in [4.69, 9.17) is 14.6 Å². The third-order valence-electron chi connectivity index (χ3n) is 3.21. The fraction of sp³-hybridized carbons (Fsp3) is 0.462. The van der Waals surface area contributed by atoms with Crippen molar-refractivity contribution in [1.29, 1.82) is 0 Å². The molecule has 1 aromatic carbocycles. The van der Waals surface area contributed by atoms with Crippen LogP contribution in [0.3, 0.4) is 0 Å². The van der Waals surface area contributed by atoms with Crippen LogP contribution in [0.25, 0.3) is 0 Å². The van der Waals surface area contributed by atoms with Gasteiger partial charge < -0.3 is 19.5 Å². The van der Waals surface area contributed by atoms with Crippen LogP contribution in [0.1, 0.15) is 6.42 Å². The van der Waals surface area contributed by atoms with Gasteiger partial charge in [0, 0.05) is 37.6 Å². The highest BCUT2D eigenvalue weighted by Crippen LogP contribution is 2.37. The molecule has 5 nitrogen and oxygen atoms in total. The van der Waals surface area contributed by atoms with Crippen LogP contribution in [-0.2, 0) is 4.79 Å². The van der Waals surface area contributed by atoms with Gasteiger partial charge in [0.1, 0.15) is 5.75 Å². The standard InChI is InChI=1S/C13H16FNO4/c1-18-11-5-12(19-2)10(4-9(11)14)15-6-8(7-16)3-13(15)17/h4-5,8,16H,3,6-7H2,1-2H3. The van der Waals surface area contributed by atoms with Gasteiger partial charge >= 0.3 is 0 Å². The van der Waals surface area contributed by atoms with Crippen molar-refractivity contribution in [2.75, 3.05) is 32.3 Å². The molecular weight excluding hydrogens is 253 g/mol.